The Morgan fingerprint density at radius 2 is 2.00 bits per heavy atom. The number of allylic oxidation sites excluding steroid dienone is 3. The van der Waals surface area contributed by atoms with Crippen LogP contribution in [0.3, 0.4) is 0 Å². The predicted molar refractivity (Wildman–Crippen MR) is 77.1 cm³/mol. The van der Waals surface area contributed by atoms with E-state index in [4.69, 9.17) is 10.5 Å². The Morgan fingerprint density at radius 1 is 1.41 bits per heavy atom. The topological polar surface area (TPSA) is 119 Å². The van der Waals surface area contributed by atoms with E-state index in [-0.39, 0.29) is 22.9 Å². The summed E-state index contributed by atoms with van der Waals surface area (Å²) in [5.41, 5.74) is 6.66. The van der Waals surface area contributed by atoms with Crippen molar-refractivity contribution in [3.8, 4) is 6.07 Å². The van der Waals surface area contributed by atoms with E-state index in [1.54, 1.807) is 6.92 Å². The van der Waals surface area contributed by atoms with E-state index in [0.717, 1.165) is 0 Å². The molecule has 0 fully saturated rings. The number of hydrogen-bond donors (Lipinski definition) is 1. The molecule has 0 saturated heterocycles. The highest BCUT2D eigenvalue weighted by Gasteiger charge is 2.33. The number of carbonyl (C=O) groups excluding carboxylic acids is 1. The predicted octanol–water partition coefficient (Wildman–Crippen LogP) is 2.27. The summed E-state index contributed by atoms with van der Waals surface area (Å²) in [4.78, 5) is 22.1. The molecule has 0 amide bonds. The molecule has 0 saturated carbocycles. The van der Waals surface area contributed by atoms with Crippen molar-refractivity contribution in [3.63, 3.8) is 0 Å². The van der Waals surface area contributed by atoms with Crippen molar-refractivity contribution < 1.29 is 14.5 Å². The van der Waals surface area contributed by atoms with Crippen molar-refractivity contribution in [2.45, 2.75) is 19.8 Å². The molecule has 0 aliphatic carbocycles. The standard InChI is InChI=1S/C15H13N3O4/c1-8(19)13-9(2)22-15(17)12(7-16)14(13)10-3-5-11(6-4-10)18(20)21/h3-6,14H,17H2,1-2H3/t14-/m1/s1. The van der Waals surface area contributed by atoms with Crippen LogP contribution in [0, 0.1) is 21.4 Å². The molecule has 1 aliphatic heterocycles. The summed E-state index contributed by atoms with van der Waals surface area (Å²) in [6.45, 7) is 2.97. The second-order valence-corrected chi connectivity index (χ2v) is 4.80. The van der Waals surface area contributed by atoms with E-state index in [1.807, 2.05) is 6.07 Å². The van der Waals surface area contributed by atoms with Gasteiger partial charge in [0.05, 0.1) is 10.8 Å². The molecule has 2 N–H and O–H groups in total. The van der Waals surface area contributed by atoms with Gasteiger partial charge in [-0.05, 0) is 19.4 Å². The van der Waals surface area contributed by atoms with Crippen molar-refractivity contribution in [1.82, 2.24) is 0 Å². The Morgan fingerprint density at radius 3 is 2.45 bits per heavy atom. The number of benzene rings is 1. The number of non-ortho nitro benzene ring substituents is 1. The quantitative estimate of drug-likeness (QED) is 0.675. The fourth-order valence-electron chi connectivity index (χ4n) is 2.46. The average Bonchev–Trinajstić information content (AvgIpc) is 2.46. The third kappa shape index (κ3) is 2.54. The minimum atomic E-state index is -0.683. The summed E-state index contributed by atoms with van der Waals surface area (Å²) < 4.78 is 5.26. The maximum atomic E-state index is 11.9. The highest BCUT2D eigenvalue weighted by molar-refractivity contribution is 5.96. The smallest absolute Gasteiger partial charge is 0.269 e. The largest absolute Gasteiger partial charge is 0.445 e. The molecule has 1 aromatic carbocycles. The Labute approximate surface area is 126 Å². The lowest BCUT2D eigenvalue weighted by atomic mass is 9.81. The fourth-order valence-corrected chi connectivity index (χ4v) is 2.46. The van der Waals surface area contributed by atoms with Crippen LogP contribution in [0.5, 0.6) is 0 Å². The molecule has 1 heterocycles. The Bertz CT molecular complexity index is 754. The second-order valence-electron chi connectivity index (χ2n) is 4.80. The minimum absolute atomic E-state index is 0.0617. The van der Waals surface area contributed by atoms with Gasteiger partial charge in [0.25, 0.3) is 5.69 Å². The number of nitrogens with two attached hydrogens (primary N) is 1. The SMILES string of the molecule is CC(=O)C1=C(C)OC(N)=C(C#N)[C@H]1c1ccc([N+](=O)[O-])cc1. The lowest BCUT2D eigenvalue weighted by molar-refractivity contribution is -0.384. The maximum Gasteiger partial charge on any atom is 0.269 e. The molecule has 2 rings (SSSR count). The number of nitro benzene ring substituents is 1. The van der Waals surface area contributed by atoms with Crippen molar-refractivity contribution in [3.05, 3.63) is 62.7 Å². The van der Waals surface area contributed by atoms with Gasteiger partial charge in [0.15, 0.2) is 5.78 Å². The van der Waals surface area contributed by atoms with E-state index in [9.17, 15) is 20.2 Å². The fraction of sp³-hybridized carbons (Fsp3) is 0.200. The molecule has 1 aromatic rings. The van der Waals surface area contributed by atoms with Crippen molar-refractivity contribution in [2.24, 2.45) is 5.73 Å². The molecular formula is C15H13N3O4. The number of rotatable bonds is 3. The summed E-state index contributed by atoms with van der Waals surface area (Å²) >= 11 is 0. The van der Waals surface area contributed by atoms with Crippen LogP contribution in [0.2, 0.25) is 0 Å². The van der Waals surface area contributed by atoms with Crippen LogP contribution >= 0.6 is 0 Å². The first-order chi connectivity index (χ1) is 10.4. The van der Waals surface area contributed by atoms with Crippen LogP contribution < -0.4 is 5.73 Å². The zero-order valence-electron chi connectivity index (χ0n) is 12.0. The molecular weight excluding hydrogens is 286 g/mol. The molecule has 1 aliphatic rings. The highest BCUT2D eigenvalue weighted by Crippen LogP contribution is 2.39. The van der Waals surface area contributed by atoms with Crippen molar-refractivity contribution in [2.75, 3.05) is 0 Å². The van der Waals surface area contributed by atoms with E-state index in [1.165, 1.54) is 31.2 Å². The van der Waals surface area contributed by atoms with Gasteiger partial charge in [0, 0.05) is 17.7 Å². The van der Waals surface area contributed by atoms with Crippen LogP contribution in [0.25, 0.3) is 0 Å². The van der Waals surface area contributed by atoms with Crippen LogP contribution in [0.15, 0.2) is 47.1 Å². The molecule has 1 atom stereocenters. The van der Waals surface area contributed by atoms with E-state index < -0.39 is 10.8 Å². The monoisotopic (exact) mass is 299 g/mol. The number of nitro groups is 1. The van der Waals surface area contributed by atoms with Crippen LogP contribution in [0.4, 0.5) is 5.69 Å². The third-order valence-electron chi connectivity index (χ3n) is 3.42. The molecule has 112 valence electrons. The Balaban J connectivity index is 2.60. The van der Waals surface area contributed by atoms with Crippen molar-refractivity contribution >= 4 is 11.5 Å². The molecule has 22 heavy (non-hydrogen) atoms. The highest BCUT2D eigenvalue weighted by atomic mass is 16.6. The number of nitrogens with zero attached hydrogens (tertiary/aromatic N) is 2. The number of hydrogen-bond acceptors (Lipinski definition) is 6. The summed E-state index contributed by atoms with van der Waals surface area (Å²) in [7, 11) is 0. The molecule has 0 aromatic heterocycles. The molecule has 7 heteroatoms. The van der Waals surface area contributed by atoms with Gasteiger partial charge in [-0.3, -0.25) is 14.9 Å². The summed E-state index contributed by atoms with van der Waals surface area (Å²) in [6.07, 6.45) is 0. The Hall–Kier alpha value is -3.14. The Kier molecular flexibility index (Phi) is 3.95. The van der Waals surface area contributed by atoms with Gasteiger partial charge < -0.3 is 10.5 Å². The maximum absolute atomic E-state index is 11.9. The van der Waals surface area contributed by atoms with Gasteiger partial charge >= 0.3 is 0 Å². The lowest BCUT2D eigenvalue weighted by Crippen LogP contribution is -2.23. The van der Waals surface area contributed by atoms with Gasteiger partial charge in [0.2, 0.25) is 5.88 Å². The number of carbonyl (C=O) groups is 1. The number of nitriles is 1. The summed E-state index contributed by atoms with van der Waals surface area (Å²) in [5.74, 6) is -0.668. The molecule has 0 radical (unpaired) electrons. The van der Waals surface area contributed by atoms with Gasteiger partial charge in [0.1, 0.15) is 17.4 Å². The van der Waals surface area contributed by atoms with Crippen LogP contribution in [-0.4, -0.2) is 10.7 Å². The van der Waals surface area contributed by atoms with Gasteiger partial charge in [-0.2, -0.15) is 5.26 Å². The summed E-state index contributed by atoms with van der Waals surface area (Å²) in [6, 6.07) is 7.62. The first-order valence-electron chi connectivity index (χ1n) is 6.40. The minimum Gasteiger partial charge on any atom is -0.445 e. The van der Waals surface area contributed by atoms with Crippen LogP contribution in [0.1, 0.15) is 25.3 Å². The number of Topliss-reactive ketones (excluding diaryl/α,β-unsaturated/α-hetero) is 1. The van der Waals surface area contributed by atoms with Gasteiger partial charge in [-0.15, -0.1) is 0 Å². The lowest BCUT2D eigenvalue weighted by Gasteiger charge is -2.26. The second kappa shape index (κ2) is 5.69. The normalized spacial score (nSPS) is 17.8. The van der Waals surface area contributed by atoms with Gasteiger partial charge in [-0.25, -0.2) is 0 Å². The number of ketones is 1. The van der Waals surface area contributed by atoms with E-state index in [0.29, 0.717) is 16.9 Å². The first-order valence-corrected chi connectivity index (χ1v) is 6.40. The summed E-state index contributed by atoms with van der Waals surface area (Å²) in [5, 5.41) is 20.0. The van der Waals surface area contributed by atoms with E-state index >= 15 is 0 Å². The zero-order valence-corrected chi connectivity index (χ0v) is 12.0. The molecule has 0 bridgehead atoms. The molecule has 0 spiro atoms. The van der Waals surface area contributed by atoms with Gasteiger partial charge in [-0.1, -0.05) is 12.1 Å². The third-order valence-corrected chi connectivity index (χ3v) is 3.42. The number of ether oxygens (including phenoxy) is 1. The zero-order chi connectivity index (χ0) is 16.4. The average molecular weight is 299 g/mol. The van der Waals surface area contributed by atoms with Crippen LogP contribution in [-0.2, 0) is 9.53 Å². The molecule has 0 unspecified atom stereocenters. The van der Waals surface area contributed by atoms with Crippen molar-refractivity contribution in [1.29, 1.82) is 5.26 Å². The molecule has 7 nitrogen and oxygen atoms in total. The van der Waals surface area contributed by atoms with E-state index in [2.05, 4.69) is 0 Å². The first kappa shape index (κ1) is 15.3.